The zero-order valence-electron chi connectivity index (χ0n) is 11.8. The van der Waals surface area contributed by atoms with Gasteiger partial charge in [0.1, 0.15) is 5.75 Å². The molecule has 0 aliphatic heterocycles. The minimum absolute atomic E-state index is 0.0323. The topological polar surface area (TPSA) is 118 Å². The molecule has 2 N–H and O–H groups in total. The summed E-state index contributed by atoms with van der Waals surface area (Å²) in [5, 5.41) is 21.8. The molecule has 2 aromatic rings. The van der Waals surface area contributed by atoms with Crippen molar-refractivity contribution in [2.24, 2.45) is 0 Å². The van der Waals surface area contributed by atoms with Gasteiger partial charge in [-0.05, 0) is 24.3 Å². The number of pyridine rings is 1. The molecule has 0 saturated carbocycles. The molecule has 120 valence electrons. The van der Waals surface area contributed by atoms with Crippen LogP contribution in [-0.4, -0.2) is 28.2 Å². The predicted molar refractivity (Wildman–Crippen MR) is 78.6 cm³/mol. The van der Waals surface area contributed by atoms with Crippen molar-refractivity contribution >= 4 is 23.3 Å². The zero-order chi connectivity index (χ0) is 17.0. The summed E-state index contributed by atoms with van der Waals surface area (Å²) in [7, 11) is 1.48. The summed E-state index contributed by atoms with van der Waals surface area (Å²) >= 11 is 0. The Labute approximate surface area is 129 Å². The molecule has 0 spiro atoms. The van der Waals surface area contributed by atoms with Crippen LogP contribution in [0.1, 0.15) is 0 Å². The number of carbonyl (C=O) groups is 1. The van der Waals surface area contributed by atoms with Crippen LogP contribution in [0.15, 0.2) is 36.5 Å². The number of amides is 1. The Bertz CT molecular complexity index is 738. The number of ether oxygens (including phenoxy) is 1. The Balaban J connectivity index is 2.29. The molecule has 0 aliphatic carbocycles. The van der Waals surface area contributed by atoms with Crippen LogP contribution in [0, 0.1) is 10.1 Å². The molecule has 0 bridgehead atoms. The van der Waals surface area contributed by atoms with Crippen LogP contribution in [0.25, 0.3) is 0 Å². The van der Waals surface area contributed by atoms with Crippen LogP contribution < -0.4 is 15.2 Å². The lowest BCUT2D eigenvalue weighted by molar-refractivity contribution is -0.385. The van der Waals surface area contributed by atoms with Crippen LogP contribution in [0.5, 0.6) is 11.5 Å². The van der Waals surface area contributed by atoms with Crippen molar-refractivity contribution in [3.63, 3.8) is 0 Å². The van der Waals surface area contributed by atoms with Gasteiger partial charge >= 0.3 is 11.8 Å². The van der Waals surface area contributed by atoms with Crippen LogP contribution in [-0.2, 0) is 0 Å². The minimum atomic E-state index is -1.76. The summed E-state index contributed by atoms with van der Waals surface area (Å²) in [5.41, 5.74) is -0.568. The predicted octanol–water partition coefficient (Wildman–Crippen LogP) is 3.19. The summed E-state index contributed by atoms with van der Waals surface area (Å²) in [6, 6.07) is 6.21. The Morgan fingerprint density at radius 2 is 2.04 bits per heavy atom. The number of aromatic nitrogens is 1. The number of nitrogens with one attached hydrogen (secondary N) is 1. The molecule has 0 saturated heterocycles. The van der Waals surface area contributed by atoms with Gasteiger partial charge in [0.05, 0.1) is 10.6 Å². The zero-order valence-corrected chi connectivity index (χ0v) is 11.8. The molecule has 0 unspecified atom stereocenters. The lowest BCUT2D eigenvalue weighted by atomic mass is 10.3. The number of anilines is 2. The molecule has 0 fully saturated rings. The number of hydrogen-bond acceptors (Lipinski definition) is 6. The van der Waals surface area contributed by atoms with Gasteiger partial charge in [0.25, 0.3) is 0 Å². The van der Waals surface area contributed by atoms with Crippen molar-refractivity contribution in [2.45, 2.75) is 0 Å². The maximum Gasteiger partial charge on any atom is 0.440 e. The number of benzene rings is 1. The first-order chi connectivity index (χ1) is 10.9. The largest absolute Gasteiger partial charge is 0.463 e. The number of nitro groups is 1. The third kappa shape index (κ3) is 3.43. The van der Waals surface area contributed by atoms with Gasteiger partial charge in [-0.15, -0.1) is 5.12 Å². The standard InChI is InChI=1S/C13H11FN4O5/c1-15-12-11(18(21)22)10(6-7-16-12)23-9-4-2-8(3-5-9)17(14)13(19)20/h2-7H,1H3,(H,15,16)(H,19,20). The second kappa shape index (κ2) is 6.56. The monoisotopic (exact) mass is 322 g/mol. The van der Waals surface area contributed by atoms with E-state index in [-0.39, 0.29) is 28.7 Å². The Morgan fingerprint density at radius 1 is 1.39 bits per heavy atom. The molecule has 1 amide bonds. The maximum absolute atomic E-state index is 13.2. The van der Waals surface area contributed by atoms with Crippen molar-refractivity contribution < 1.29 is 24.0 Å². The summed E-state index contributed by atoms with van der Waals surface area (Å²) in [6.07, 6.45) is -0.432. The molecule has 0 aliphatic rings. The van der Waals surface area contributed by atoms with Crippen LogP contribution in [0.2, 0.25) is 0 Å². The van der Waals surface area contributed by atoms with E-state index in [1.807, 2.05) is 0 Å². The number of nitrogens with zero attached hydrogens (tertiary/aromatic N) is 3. The fourth-order valence-corrected chi connectivity index (χ4v) is 1.76. The molecule has 23 heavy (non-hydrogen) atoms. The van der Waals surface area contributed by atoms with Gasteiger partial charge in [-0.2, -0.15) is 0 Å². The highest BCUT2D eigenvalue weighted by molar-refractivity contribution is 5.83. The molecule has 10 heteroatoms. The van der Waals surface area contributed by atoms with Gasteiger partial charge in [-0.25, -0.2) is 9.78 Å². The molecular weight excluding hydrogens is 311 g/mol. The highest BCUT2D eigenvalue weighted by Crippen LogP contribution is 2.36. The third-order valence-electron chi connectivity index (χ3n) is 2.77. The van der Waals surface area contributed by atoms with Gasteiger partial charge in [0.15, 0.2) is 0 Å². The Kier molecular flexibility index (Phi) is 4.55. The number of halogens is 1. The molecular formula is C13H11FN4O5. The smallest absolute Gasteiger partial charge is 0.440 e. The van der Waals surface area contributed by atoms with Crippen molar-refractivity contribution in [1.29, 1.82) is 0 Å². The molecule has 1 aromatic carbocycles. The fourth-order valence-electron chi connectivity index (χ4n) is 1.76. The average molecular weight is 322 g/mol. The van der Waals surface area contributed by atoms with E-state index in [1.165, 1.54) is 31.4 Å². The highest BCUT2D eigenvalue weighted by atomic mass is 19.2. The van der Waals surface area contributed by atoms with E-state index >= 15 is 0 Å². The first kappa shape index (κ1) is 15.9. The summed E-state index contributed by atoms with van der Waals surface area (Å²) in [6.45, 7) is 0. The molecule has 0 atom stereocenters. The van der Waals surface area contributed by atoms with Crippen LogP contribution in [0.4, 0.5) is 26.5 Å². The second-order valence-electron chi connectivity index (χ2n) is 4.17. The van der Waals surface area contributed by atoms with Gasteiger partial charge in [-0.3, -0.25) is 10.1 Å². The van der Waals surface area contributed by atoms with Crippen molar-refractivity contribution in [3.8, 4) is 11.5 Å². The van der Waals surface area contributed by atoms with E-state index < -0.39 is 16.1 Å². The SMILES string of the molecule is CNc1nccc(Oc2ccc(N(F)C(=O)O)cc2)c1[N+](=O)[O-]. The molecule has 1 aromatic heterocycles. The lowest BCUT2D eigenvalue weighted by Gasteiger charge is -2.10. The number of carboxylic acid groups (broad SMARTS) is 1. The first-order valence-electron chi connectivity index (χ1n) is 6.22. The Hall–Kier alpha value is -3.43. The van der Waals surface area contributed by atoms with E-state index in [2.05, 4.69) is 10.3 Å². The van der Waals surface area contributed by atoms with Crippen molar-refractivity contribution in [2.75, 3.05) is 17.5 Å². The van der Waals surface area contributed by atoms with E-state index in [0.29, 0.717) is 0 Å². The van der Waals surface area contributed by atoms with Crippen molar-refractivity contribution in [3.05, 3.63) is 46.6 Å². The van der Waals surface area contributed by atoms with Gasteiger partial charge in [-0.1, -0.05) is 4.48 Å². The average Bonchev–Trinajstić information content (AvgIpc) is 2.54. The normalized spacial score (nSPS) is 10.0. The van der Waals surface area contributed by atoms with E-state index in [9.17, 15) is 19.4 Å². The van der Waals surface area contributed by atoms with Gasteiger partial charge < -0.3 is 15.2 Å². The molecule has 2 rings (SSSR count). The first-order valence-corrected chi connectivity index (χ1v) is 6.22. The molecule has 9 nitrogen and oxygen atoms in total. The number of hydrogen-bond donors (Lipinski definition) is 2. The van der Waals surface area contributed by atoms with Gasteiger partial charge in [0.2, 0.25) is 11.6 Å². The van der Waals surface area contributed by atoms with E-state index in [4.69, 9.17) is 9.84 Å². The third-order valence-corrected chi connectivity index (χ3v) is 2.77. The molecule has 0 radical (unpaired) electrons. The Morgan fingerprint density at radius 3 is 2.57 bits per heavy atom. The number of rotatable bonds is 5. The van der Waals surface area contributed by atoms with E-state index in [1.54, 1.807) is 0 Å². The van der Waals surface area contributed by atoms with Crippen molar-refractivity contribution in [1.82, 2.24) is 4.98 Å². The summed E-state index contributed by atoms with van der Waals surface area (Å²) in [4.78, 5) is 24.8. The highest BCUT2D eigenvalue weighted by Gasteiger charge is 2.22. The summed E-state index contributed by atoms with van der Waals surface area (Å²) in [5.74, 6) is 0.145. The van der Waals surface area contributed by atoms with Gasteiger partial charge in [0, 0.05) is 19.3 Å². The second-order valence-corrected chi connectivity index (χ2v) is 4.17. The van der Waals surface area contributed by atoms with E-state index in [0.717, 1.165) is 12.1 Å². The van der Waals surface area contributed by atoms with Crippen LogP contribution >= 0.6 is 0 Å². The summed E-state index contributed by atoms with van der Waals surface area (Å²) < 4.78 is 18.6. The minimum Gasteiger partial charge on any atom is -0.463 e. The quantitative estimate of drug-likeness (QED) is 0.493. The maximum atomic E-state index is 13.2. The fraction of sp³-hybridized carbons (Fsp3) is 0.0769. The lowest BCUT2D eigenvalue weighted by Crippen LogP contribution is -2.18. The van der Waals surface area contributed by atoms with Crippen LogP contribution in [0.3, 0.4) is 0 Å². The molecule has 1 heterocycles.